The first-order chi connectivity index (χ1) is 13.4. The van der Waals surface area contributed by atoms with Gasteiger partial charge in [0.2, 0.25) is 0 Å². The molecule has 0 radical (unpaired) electrons. The topological polar surface area (TPSA) is 165 Å². The molecule has 0 aliphatic rings. The van der Waals surface area contributed by atoms with Crippen LogP contribution < -0.4 is 0 Å². The van der Waals surface area contributed by atoms with E-state index in [0.29, 0.717) is 0 Å². The molecule has 0 spiro atoms. The third-order valence-corrected chi connectivity index (χ3v) is 4.05. The molecule has 0 bridgehead atoms. The summed E-state index contributed by atoms with van der Waals surface area (Å²) in [5.41, 5.74) is -1.95. The summed E-state index contributed by atoms with van der Waals surface area (Å²) in [4.78, 5) is 28.6. The SMILES string of the molecule is C/C=C/C=C/C=C/C(O)CC(OP(=O)(O)O)C(C)(O)/C=C/C(O)C/C=C/C(=O)O. The average molecular weight is 432 g/mol. The van der Waals surface area contributed by atoms with E-state index in [1.165, 1.54) is 25.2 Å². The Balaban J connectivity index is 5.22. The van der Waals surface area contributed by atoms with Crippen LogP contribution >= 0.6 is 7.82 Å². The van der Waals surface area contributed by atoms with Gasteiger partial charge in [-0.2, -0.15) is 0 Å². The van der Waals surface area contributed by atoms with Crippen molar-refractivity contribution in [1.29, 1.82) is 0 Å². The smallest absolute Gasteiger partial charge is 0.469 e. The summed E-state index contributed by atoms with van der Waals surface area (Å²) in [7, 11) is -4.98. The molecule has 10 heteroatoms. The molecule has 0 heterocycles. The fraction of sp³-hybridized carbons (Fsp3) is 0.421. The Kier molecular flexibility index (Phi) is 12.5. The van der Waals surface area contributed by atoms with E-state index in [4.69, 9.17) is 14.9 Å². The lowest BCUT2D eigenvalue weighted by Crippen LogP contribution is -2.41. The summed E-state index contributed by atoms with van der Waals surface area (Å²) < 4.78 is 15.9. The van der Waals surface area contributed by atoms with Gasteiger partial charge in [-0.25, -0.2) is 9.36 Å². The summed E-state index contributed by atoms with van der Waals surface area (Å²) in [6.07, 6.45) is 9.89. The minimum Gasteiger partial charge on any atom is -0.478 e. The Hall–Kier alpha value is -1.84. The largest absolute Gasteiger partial charge is 0.478 e. The molecule has 4 atom stereocenters. The average Bonchev–Trinajstić information content (AvgIpc) is 2.58. The summed E-state index contributed by atoms with van der Waals surface area (Å²) >= 11 is 0. The van der Waals surface area contributed by atoms with Crippen LogP contribution in [0.25, 0.3) is 0 Å². The molecule has 6 N–H and O–H groups in total. The van der Waals surface area contributed by atoms with Crippen molar-refractivity contribution in [2.45, 2.75) is 50.6 Å². The van der Waals surface area contributed by atoms with Crippen molar-refractivity contribution in [3.63, 3.8) is 0 Å². The predicted molar refractivity (Wildman–Crippen MR) is 108 cm³/mol. The summed E-state index contributed by atoms with van der Waals surface area (Å²) in [6.45, 7) is 3.04. The number of aliphatic hydroxyl groups excluding tert-OH is 2. The maximum atomic E-state index is 11.2. The molecule has 0 fully saturated rings. The van der Waals surface area contributed by atoms with Crippen molar-refractivity contribution < 1.29 is 44.1 Å². The van der Waals surface area contributed by atoms with Crippen LogP contribution in [-0.4, -0.2) is 60.1 Å². The fourth-order valence-corrected chi connectivity index (χ4v) is 2.71. The minimum absolute atomic E-state index is 0.0488. The number of aliphatic hydroxyl groups is 3. The Morgan fingerprint density at radius 3 is 2.28 bits per heavy atom. The van der Waals surface area contributed by atoms with Crippen molar-refractivity contribution in [2.24, 2.45) is 0 Å². The van der Waals surface area contributed by atoms with Crippen LogP contribution in [0.2, 0.25) is 0 Å². The number of carboxylic acids is 1. The van der Waals surface area contributed by atoms with Crippen LogP contribution in [0.5, 0.6) is 0 Å². The van der Waals surface area contributed by atoms with E-state index < -0.39 is 37.7 Å². The van der Waals surface area contributed by atoms with Crippen molar-refractivity contribution in [3.8, 4) is 0 Å². The number of carbonyl (C=O) groups is 1. The quantitative estimate of drug-likeness (QED) is 0.110. The Morgan fingerprint density at radius 2 is 1.72 bits per heavy atom. The van der Waals surface area contributed by atoms with Gasteiger partial charge in [-0.1, -0.05) is 54.7 Å². The number of hydrogen-bond donors (Lipinski definition) is 6. The number of allylic oxidation sites excluding steroid dienone is 5. The van der Waals surface area contributed by atoms with Gasteiger partial charge in [-0.05, 0) is 20.3 Å². The number of carboxylic acid groups (broad SMARTS) is 1. The molecule has 164 valence electrons. The minimum atomic E-state index is -4.98. The van der Waals surface area contributed by atoms with E-state index >= 15 is 0 Å². The molecule has 0 rings (SSSR count). The van der Waals surface area contributed by atoms with Gasteiger partial charge in [0.25, 0.3) is 0 Å². The maximum absolute atomic E-state index is 11.2. The molecule has 0 aromatic carbocycles. The fourth-order valence-electron chi connectivity index (χ4n) is 2.08. The van der Waals surface area contributed by atoms with E-state index in [1.54, 1.807) is 24.3 Å². The third-order valence-electron chi connectivity index (χ3n) is 3.52. The number of phosphoric ester groups is 1. The zero-order valence-corrected chi connectivity index (χ0v) is 17.2. The maximum Gasteiger partial charge on any atom is 0.469 e. The second kappa shape index (κ2) is 13.4. The normalized spacial score (nSPS) is 18.9. The lowest BCUT2D eigenvalue weighted by molar-refractivity contribution is -0.131. The highest BCUT2D eigenvalue weighted by Crippen LogP contribution is 2.41. The summed E-state index contributed by atoms with van der Waals surface area (Å²) in [6, 6.07) is 0. The van der Waals surface area contributed by atoms with Crippen LogP contribution in [0.3, 0.4) is 0 Å². The van der Waals surface area contributed by atoms with Gasteiger partial charge in [-0.3, -0.25) is 4.52 Å². The predicted octanol–water partition coefficient (Wildman–Crippen LogP) is 1.60. The molecular formula is C19H29O9P. The van der Waals surface area contributed by atoms with E-state index in [1.807, 2.05) is 6.92 Å². The van der Waals surface area contributed by atoms with Crippen LogP contribution in [0.15, 0.2) is 60.8 Å². The number of aliphatic carboxylic acids is 1. The number of hydrogen-bond acceptors (Lipinski definition) is 6. The van der Waals surface area contributed by atoms with E-state index in [2.05, 4.69) is 4.52 Å². The summed E-state index contributed by atoms with van der Waals surface area (Å²) in [5, 5.41) is 38.9. The van der Waals surface area contributed by atoms with E-state index in [9.17, 15) is 24.7 Å². The second-order valence-electron chi connectivity index (χ2n) is 6.31. The molecule has 0 aliphatic heterocycles. The van der Waals surface area contributed by atoms with Crippen LogP contribution in [0.1, 0.15) is 26.7 Å². The third kappa shape index (κ3) is 14.8. The van der Waals surface area contributed by atoms with Gasteiger partial charge >= 0.3 is 13.8 Å². The Bertz CT molecular complexity index is 686. The molecule has 0 aromatic heterocycles. The molecular weight excluding hydrogens is 403 g/mol. The van der Waals surface area contributed by atoms with Gasteiger partial charge in [-0.15, -0.1) is 0 Å². The molecule has 0 aromatic rings. The van der Waals surface area contributed by atoms with Gasteiger partial charge in [0.15, 0.2) is 0 Å². The van der Waals surface area contributed by atoms with Crippen LogP contribution in [0.4, 0.5) is 0 Å². The highest BCUT2D eigenvalue weighted by Gasteiger charge is 2.36. The molecule has 0 aliphatic carbocycles. The first kappa shape index (κ1) is 27.2. The Morgan fingerprint density at radius 1 is 1.10 bits per heavy atom. The lowest BCUT2D eigenvalue weighted by atomic mass is 9.93. The van der Waals surface area contributed by atoms with E-state index in [0.717, 1.165) is 18.2 Å². The number of rotatable bonds is 13. The standard InChI is InChI=1S/C19H29O9P/c1-3-4-5-6-7-9-16(21)14-17(28-29(25,26)27)19(2,24)13-12-15(20)10-8-11-18(22)23/h3-9,11-13,15-17,20-21,24H,10,14H2,1-2H3,(H,22,23)(H2,25,26,27)/b4-3+,6-5+,9-7+,11-8+,13-12+. The highest BCUT2D eigenvalue weighted by atomic mass is 31.2. The molecule has 29 heavy (non-hydrogen) atoms. The first-order valence-corrected chi connectivity index (χ1v) is 10.3. The lowest BCUT2D eigenvalue weighted by Gasteiger charge is -2.31. The molecule has 9 nitrogen and oxygen atoms in total. The van der Waals surface area contributed by atoms with Crippen LogP contribution in [0, 0.1) is 0 Å². The van der Waals surface area contributed by atoms with Gasteiger partial charge in [0, 0.05) is 12.5 Å². The first-order valence-electron chi connectivity index (χ1n) is 8.74. The monoisotopic (exact) mass is 432 g/mol. The molecule has 0 saturated heterocycles. The Labute approximate surface area is 169 Å². The molecule has 4 unspecified atom stereocenters. The van der Waals surface area contributed by atoms with Crippen LogP contribution in [-0.2, 0) is 13.9 Å². The second-order valence-corrected chi connectivity index (χ2v) is 7.50. The van der Waals surface area contributed by atoms with Crippen molar-refractivity contribution in [3.05, 3.63) is 60.8 Å². The van der Waals surface area contributed by atoms with Gasteiger partial charge in [0.05, 0.1) is 12.2 Å². The highest BCUT2D eigenvalue weighted by molar-refractivity contribution is 7.46. The summed E-state index contributed by atoms with van der Waals surface area (Å²) in [5.74, 6) is -1.18. The zero-order valence-electron chi connectivity index (χ0n) is 16.3. The zero-order chi connectivity index (χ0) is 22.5. The molecule has 0 amide bonds. The van der Waals surface area contributed by atoms with Crippen molar-refractivity contribution >= 4 is 13.8 Å². The van der Waals surface area contributed by atoms with Gasteiger partial charge in [0.1, 0.15) is 11.7 Å². The molecule has 0 saturated carbocycles. The number of phosphoric acid groups is 1. The van der Waals surface area contributed by atoms with Crippen molar-refractivity contribution in [1.82, 2.24) is 0 Å². The van der Waals surface area contributed by atoms with E-state index in [-0.39, 0.29) is 12.8 Å². The van der Waals surface area contributed by atoms with Crippen molar-refractivity contribution in [2.75, 3.05) is 0 Å². The van der Waals surface area contributed by atoms with Gasteiger partial charge < -0.3 is 30.2 Å².